The molecule has 1 fully saturated rings. The van der Waals surface area contributed by atoms with Gasteiger partial charge in [-0.05, 0) is 41.8 Å². The number of amides is 1. The lowest BCUT2D eigenvalue weighted by Gasteiger charge is -2.45. The number of aliphatic hydroxyl groups is 1. The molecule has 1 atom stereocenters. The van der Waals surface area contributed by atoms with Gasteiger partial charge in [-0.15, -0.1) is 0 Å². The van der Waals surface area contributed by atoms with Crippen molar-refractivity contribution in [2.45, 2.75) is 31.4 Å². The lowest BCUT2D eigenvalue weighted by atomic mass is 9.84. The fraction of sp³-hybridized carbons (Fsp3) is 0.381. The summed E-state index contributed by atoms with van der Waals surface area (Å²) < 4.78 is 6.17. The molecule has 0 spiro atoms. The van der Waals surface area contributed by atoms with E-state index in [0.29, 0.717) is 16.6 Å². The maximum Gasteiger partial charge on any atom is 0.249 e. The number of aliphatic hydroxyl groups excluding tert-OH is 1. The third-order valence-corrected chi connectivity index (χ3v) is 5.55. The predicted octanol–water partition coefficient (Wildman–Crippen LogP) is 4.26. The first-order chi connectivity index (χ1) is 13.0. The van der Waals surface area contributed by atoms with Gasteiger partial charge in [0, 0.05) is 10.0 Å². The first kappa shape index (κ1) is 20.2. The Morgan fingerprint density at radius 1 is 1.07 bits per heavy atom. The minimum Gasteiger partial charge on any atom is -0.394 e. The molecule has 0 unspecified atom stereocenters. The summed E-state index contributed by atoms with van der Waals surface area (Å²) in [6.45, 7) is 2.24. The number of ether oxygens (including phenoxy) is 1. The molecule has 0 saturated carbocycles. The van der Waals surface area contributed by atoms with Crippen molar-refractivity contribution in [3.63, 3.8) is 0 Å². The van der Waals surface area contributed by atoms with Crippen LogP contribution >= 0.6 is 23.2 Å². The van der Waals surface area contributed by atoms with Gasteiger partial charge in [0.2, 0.25) is 5.91 Å². The van der Waals surface area contributed by atoms with Gasteiger partial charge in [0.15, 0.2) is 0 Å². The lowest BCUT2D eigenvalue weighted by Crippen LogP contribution is -2.57. The fourth-order valence-corrected chi connectivity index (χ4v) is 3.86. The maximum absolute atomic E-state index is 12.6. The molecule has 6 heteroatoms. The summed E-state index contributed by atoms with van der Waals surface area (Å²) >= 11 is 12.1. The summed E-state index contributed by atoms with van der Waals surface area (Å²) in [6, 6.07) is 14.7. The molecule has 1 heterocycles. The van der Waals surface area contributed by atoms with Crippen molar-refractivity contribution in [1.82, 2.24) is 4.90 Å². The van der Waals surface area contributed by atoms with Crippen LogP contribution < -0.4 is 0 Å². The molecule has 4 nitrogen and oxygen atoms in total. The first-order valence-electron chi connectivity index (χ1n) is 9.06. The highest BCUT2D eigenvalue weighted by molar-refractivity contribution is 6.30. The summed E-state index contributed by atoms with van der Waals surface area (Å²) in [6.07, 6.45) is 1.62. The van der Waals surface area contributed by atoms with Crippen LogP contribution in [-0.2, 0) is 15.1 Å². The molecule has 3 rings (SSSR count). The number of carbonyl (C=O) groups excluding carboxylic acids is 1. The van der Waals surface area contributed by atoms with E-state index in [1.54, 1.807) is 4.90 Å². The Bertz CT molecular complexity index is 732. The summed E-state index contributed by atoms with van der Waals surface area (Å²) in [5.41, 5.74) is 0.962. The number of morpholine rings is 1. The van der Waals surface area contributed by atoms with Crippen molar-refractivity contribution in [1.29, 1.82) is 0 Å². The second-order valence-corrected chi connectivity index (χ2v) is 7.65. The van der Waals surface area contributed by atoms with Crippen molar-refractivity contribution in [2.75, 3.05) is 19.8 Å². The standard InChI is InChI=1S/C21H23Cl2NO3/c1-2-3-19(12-25)24-14-21(27-13-20(24)26,15-4-8-17(22)9-5-15)16-6-10-18(23)11-7-16/h4-11,19,25H,2-3,12-14H2,1H3/t19-/m1/s1. The van der Waals surface area contributed by atoms with Crippen LogP contribution in [0.25, 0.3) is 0 Å². The largest absolute Gasteiger partial charge is 0.394 e. The van der Waals surface area contributed by atoms with E-state index in [2.05, 4.69) is 0 Å². The zero-order chi connectivity index (χ0) is 19.4. The van der Waals surface area contributed by atoms with Gasteiger partial charge in [-0.2, -0.15) is 0 Å². The van der Waals surface area contributed by atoms with Crippen LogP contribution in [0, 0.1) is 0 Å². The molecular formula is C21H23Cl2NO3. The Morgan fingerprint density at radius 2 is 1.59 bits per heavy atom. The second-order valence-electron chi connectivity index (χ2n) is 6.78. The smallest absolute Gasteiger partial charge is 0.249 e. The highest BCUT2D eigenvalue weighted by Crippen LogP contribution is 2.39. The van der Waals surface area contributed by atoms with Crippen LogP contribution in [-0.4, -0.2) is 41.7 Å². The molecule has 0 aromatic heterocycles. The molecule has 0 radical (unpaired) electrons. The van der Waals surface area contributed by atoms with Gasteiger partial charge in [-0.1, -0.05) is 60.8 Å². The van der Waals surface area contributed by atoms with Crippen molar-refractivity contribution in [3.8, 4) is 0 Å². The van der Waals surface area contributed by atoms with Crippen LogP contribution in [0.5, 0.6) is 0 Å². The van der Waals surface area contributed by atoms with Crippen LogP contribution in [0.2, 0.25) is 10.0 Å². The normalized spacial score (nSPS) is 17.8. The van der Waals surface area contributed by atoms with Gasteiger partial charge in [0.05, 0.1) is 19.2 Å². The fourth-order valence-electron chi connectivity index (χ4n) is 3.61. The van der Waals surface area contributed by atoms with Crippen LogP contribution in [0.3, 0.4) is 0 Å². The summed E-state index contributed by atoms with van der Waals surface area (Å²) in [7, 11) is 0. The van der Waals surface area contributed by atoms with Crippen molar-refractivity contribution in [2.24, 2.45) is 0 Å². The lowest BCUT2D eigenvalue weighted by molar-refractivity contribution is -0.164. The Labute approximate surface area is 169 Å². The SMILES string of the molecule is CCC[C@H](CO)N1CC(c2ccc(Cl)cc2)(c2ccc(Cl)cc2)OCC1=O. The van der Waals surface area contributed by atoms with Gasteiger partial charge in [-0.3, -0.25) is 4.79 Å². The number of halogens is 2. The first-order valence-corrected chi connectivity index (χ1v) is 9.82. The molecule has 27 heavy (non-hydrogen) atoms. The van der Waals surface area contributed by atoms with Gasteiger partial charge in [0.25, 0.3) is 0 Å². The number of hydrogen-bond donors (Lipinski definition) is 1. The Hall–Kier alpha value is -1.59. The van der Waals surface area contributed by atoms with E-state index in [0.717, 1.165) is 24.0 Å². The molecule has 1 aliphatic rings. The molecule has 0 aliphatic carbocycles. The Balaban J connectivity index is 2.08. The third-order valence-electron chi connectivity index (χ3n) is 5.05. The molecule has 0 bridgehead atoms. The van der Waals surface area contributed by atoms with E-state index in [9.17, 15) is 9.90 Å². The van der Waals surface area contributed by atoms with E-state index in [4.69, 9.17) is 27.9 Å². The summed E-state index contributed by atoms with van der Waals surface area (Å²) in [4.78, 5) is 14.3. The van der Waals surface area contributed by atoms with Gasteiger partial charge >= 0.3 is 0 Å². The molecule has 1 saturated heterocycles. The molecular weight excluding hydrogens is 385 g/mol. The van der Waals surface area contributed by atoms with E-state index in [1.807, 2.05) is 55.5 Å². The van der Waals surface area contributed by atoms with E-state index >= 15 is 0 Å². The van der Waals surface area contributed by atoms with Crippen molar-refractivity contribution in [3.05, 3.63) is 69.7 Å². The number of benzene rings is 2. The maximum atomic E-state index is 12.6. The Morgan fingerprint density at radius 3 is 2.04 bits per heavy atom. The van der Waals surface area contributed by atoms with Gasteiger partial charge in [-0.25, -0.2) is 0 Å². The summed E-state index contributed by atoms with van der Waals surface area (Å²) in [5, 5.41) is 11.1. The average molecular weight is 408 g/mol. The van der Waals surface area contributed by atoms with E-state index in [-0.39, 0.29) is 25.2 Å². The monoisotopic (exact) mass is 407 g/mol. The average Bonchev–Trinajstić information content (AvgIpc) is 2.68. The molecule has 1 N–H and O–H groups in total. The van der Waals surface area contributed by atoms with Crippen molar-refractivity contribution < 1.29 is 14.6 Å². The third kappa shape index (κ3) is 4.14. The molecule has 1 aliphatic heterocycles. The zero-order valence-electron chi connectivity index (χ0n) is 15.2. The van der Waals surface area contributed by atoms with E-state index in [1.165, 1.54) is 0 Å². The number of nitrogens with zero attached hydrogens (tertiary/aromatic N) is 1. The van der Waals surface area contributed by atoms with Crippen LogP contribution in [0.1, 0.15) is 30.9 Å². The Kier molecular flexibility index (Phi) is 6.43. The molecule has 2 aromatic rings. The van der Waals surface area contributed by atoms with Crippen LogP contribution in [0.4, 0.5) is 0 Å². The highest BCUT2D eigenvalue weighted by atomic mass is 35.5. The quantitative estimate of drug-likeness (QED) is 0.777. The number of rotatable bonds is 6. The zero-order valence-corrected chi connectivity index (χ0v) is 16.7. The minimum atomic E-state index is -0.843. The second kappa shape index (κ2) is 8.61. The molecule has 2 aromatic carbocycles. The topological polar surface area (TPSA) is 49.8 Å². The van der Waals surface area contributed by atoms with Crippen LogP contribution in [0.15, 0.2) is 48.5 Å². The van der Waals surface area contributed by atoms with Gasteiger partial charge in [0.1, 0.15) is 12.2 Å². The molecule has 1 amide bonds. The highest BCUT2D eigenvalue weighted by Gasteiger charge is 2.44. The summed E-state index contributed by atoms with van der Waals surface area (Å²) in [5.74, 6) is -0.110. The number of hydrogen-bond acceptors (Lipinski definition) is 3. The predicted molar refractivity (Wildman–Crippen MR) is 107 cm³/mol. The molecule has 144 valence electrons. The number of carbonyl (C=O) groups is 1. The van der Waals surface area contributed by atoms with E-state index < -0.39 is 5.60 Å². The van der Waals surface area contributed by atoms with Gasteiger partial charge < -0.3 is 14.7 Å². The minimum absolute atomic E-state index is 0.0501. The van der Waals surface area contributed by atoms with Crippen molar-refractivity contribution >= 4 is 29.1 Å².